The van der Waals surface area contributed by atoms with E-state index in [1.807, 2.05) is 65.4 Å². The second-order valence-corrected chi connectivity index (χ2v) is 9.40. The highest BCUT2D eigenvalue weighted by molar-refractivity contribution is 8.18. The summed E-state index contributed by atoms with van der Waals surface area (Å²) in [6.07, 6.45) is 9.09. The molecular weight excluding hydrogens is 460 g/mol. The largest absolute Gasteiger partial charge is 0.368 e. The fourth-order valence-corrected chi connectivity index (χ4v) is 5.31. The van der Waals surface area contributed by atoms with Crippen LogP contribution in [0.4, 0.5) is 10.5 Å². The van der Waals surface area contributed by atoms with E-state index >= 15 is 0 Å². The van der Waals surface area contributed by atoms with Gasteiger partial charge in [0.1, 0.15) is 6.54 Å². The monoisotopic (exact) mass is 484 g/mol. The van der Waals surface area contributed by atoms with E-state index < -0.39 is 11.1 Å². The number of para-hydroxylation sites is 2. The van der Waals surface area contributed by atoms with Crippen LogP contribution in [-0.2, 0) is 16.1 Å². The van der Waals surface area contributed by atoms with Crippen LogP contribution in [0.15, 0.2) is 65.7 Å². The summed E-state index contributed by atoms with van der Waals surface area (Å²) in [7, 11) is 0. The minimum Gasteiger partial charge on any atom is -0.368 e. The topological polar surface area (TPSA) is 65.9 Å². The molecule has 176 valence electrons. The number of terminal acetylenes is 1. The van der Waals surface area contributed by atoms with Gasteiger partial charge in [0.2, 0.25) is 5.91 Å². The van der Waals surface area contributed by atoms with E-state index in [0.717, 1.165) is 38.8 Å². The van der Waals surface area contributed by atoms with Crippen molar-refractivity contribution in [2.75, 3.05) is 37.6 Å². The molecule has 0 spiro atoms. The molecule has 0 unspecified atom stereocenters. The van der Waals surface area contributed by atoms with Gasteiger partial charge in [-0.15, -0.1) is 6.42 Å². The first-order valence-corrected chi connectivity index (χ1v) is 12.2. The lowest BCUT2D eigenvalue weighted by atomic mass is 10.1. The van der Waals surface area contributed by atoms with Gasteiger partial charge < -0.3 is 14.4 Å². The van der Waals surface area contributed by atoms with Crippen LogP contribution in [0.5, 0.6) is 0 Å². The normalized spacial score (nSPS) is 17.5. The van der Waals surface area contributed by atoms with Gasteiger partial charge in [0, 0.05) is 54.5 Å². The zero-order valence-corrected chi connectivity index (χ0v) is 19.9. The Morgan fingerprint density at radius 2 is 1.71 bits per heavy atom. The van der Waals surface area contributed by atoms with Crippen molar-refractivity contribution in [1.82, 2.24) is 14.4 Å². The first-order valence-electron chi connectivity index (χ1n) is 11.4. The summed E-state index contributed by atoms with van der Waals surface area (Å²) in [5.41, 5.74) is 2.89. The van der Waals surface area contributed by atoms with Gasteiger partial charge in [-0.05, 0) is 36.0 Å². The van der Waals surface area contributed by atoms with Crippen LogP contribution in [-0.4, -0.2) is 64.1 Å². The van der Waals surface area contributed by atoms with Crippen molar-refractivity contribution in [3.05, 3.63) is 71.3 Å². The molecule has 5 rings (SSSR count). The number of piperazine rings is 1. The van der Waals surface area contributed by atoms with E-state index in [-0.39, 0.29) is 12.5 Å². The summed E-state index contributed by atoms with van der Waals surface area (Å²) in [5, 5.41) is 0.520. The zero-order chi connectivity index (χ0) is 24.4. The minimum atomic E-state index is -0.440. The molecule has 3 heterocycles. The molecule has 35 heavy (non-hydrogen) atoms. The van der Waals surface area contributed by atoms with E-state index in [4.69, 9.17) is 6.42 Å². The first kappa shape index (κ1) is 22.8. The summed E-state index contributed by atoms with van der Waals surface area (Å²) in [5.74, 6) is 1.98. The third kappa shape index (κ3) is 4.55. The number of carbonyl (C=O) groups is 3. The van der Waals surface area contributed by atoms with Crippen LogP contribution in [0, 0.1) is 12.3 Å². The molecule has 2 fully saturated rings. The van der Waals surface area contributed by atoms with Crippen molar-refractivity contribution in [3.8, 4) is 12.3 Å². The second-order valence-electron chi connectivity index (χ2n) is 8.40. The van der Waals surface area contributed by atoms with Gasteiger partial charge in [0.15, 0.2) is 0 Å². The molecule has 2 aliphatic heterocycles. The molecular formula is C27H24N4O3S. The van der Waals surface area contributed by atoms with Crippen LogP contribution >= 0.6 is 11.8 Å². The lowest BCUT2D eigenvalue weighted by molar-refractivity contribution is -0.136. The Labute approximate surface area is 208 Å². The summed E-state index contributed by atoms with van der Waals surface area (Å²) < 4.78 is 1.93. The molecule has 8 heteroatoms. The molecule has 0 N–H and O–H groups in total. The molecule has 0 atom stereocenters. The Kier molecular flexibility index (Phi) is 6.34. The Morgan fingerprint density at radius 1 is 1.00 bits per heavy atom. The van der Waals surface area contributed by atoms with Gasteiger partial charge in [-0.3, -0.25) is 19.3 Å². The van der Waals surface area contributed by atoms with Crippen molar-refractivity contribution < 1.29 is 14.4 Å². The molecule has 0 radical (unpaired) electrons. The van der Waals surface area contributed by atoms with Crippen molar-refractivity contribution in [3.63, 3.8) is 0 Å². The maximum atomic E-state index is 13.0. The summed E-state index contributed by atoms with van der Waals surface area (Å²) in [4.78, 5) is 43.9. The van der Waals surface area contributed by atoms with Crippen molar-refractivity contribution in [2.45, 2.75) is 6.54 Å². The van der Waals surface area contributed by atoms with Crippen molar-refractivity contribution in [2.24, 2.45) is 0 Å². The fourth-order valence-electron chi connectivity index (χ4n) is 4.49. The number of thioether (sulfide) groups is 1. The third-order valence-electron chi connectivity index (χ3n) is 6.29. The van der Waals surface area contributed by atoms with Crippen LogP contribution in [0.2, 0.25) is 0 Å². The molecule has 3 aromatic rings. The van der Waals surface area contributed by atoms with Gasteiger partial charge in [0.05, 0.1) is 11.4 Å². The minimum absolute atomic E-state index is 0.216. The number of hydrogen-bond donors (Lipinski definition) is 0. The smallest absolute Gasteiger partial charge is 0.294 e. The molecule has 7 nitrogen and oxygen atoms in total. The van der Waals surface area contributed by atoms with Crippen LogP contribution < -0.4 is 4.90 Å². The molecule has 2 saturated heterocycles. The number of hydrogen-bond acceptors (Lipinski definition) is 5. The Hall–Kier alpha value is -3.96. The quantitative estimate of drug-likeness (QED) is 0.409. The standard InChI is InChI=1S/C27H24N4O3S/c1-2-12-30-18-20(22-10-6-7-11-23(22)30)17-24-26(33)31(27(34)35-24)19-25(32)29-15-13-28(14-16-29)21-8-4-3-5-9-21/h1,3-11,17-18H,12-16,19H2/b24-17+. The number of rotatable bonds is 5. The summed E-state index contributed by atoms with van der Waals surface area (Å²) in [6.45, 7) is 2.68. The highest BCUT2D eigenvalue weighted by Gasteiger charge is 2.37. The van der Waals surface area contributed by atoms with Crippen molar-refractivity contribution >= 4 is 51.5 Å². The number of carbonyl (C=O) groups excluding carboxylic acids is 3. The molecule has 2 aliphatic rings. The Bertz CT molecular complexity index is 1360. The van der Waals surface area contributed by atoms with E-state index in [0.29, 0.717) is 37.6 Å². The third-order valence-corrected chi connectivity index (χ3v) is 7.20. The van der Waals surface area contributed by atoms with Gasteiger partial charge in [-0.1, -0.05) is 42.3 Å². The summed E-state index contributed by atoms with van der Waals surface area (Å²) >= 11 is 0.864. The van der Waals surface area contributed by atoms with Crippen molar-refractivity contribution in [1.29, 1.82) is 0 Å². The lowest BCUT2D eigenvalue weighted by Gasteiger charge is -2.36. The number of fused-ring (bicyclic) bond motifs is 1. The number of amides is 3. The van der Waals surface area contributed by atoms with Crippen LogP contribution in [0.1, 0.15) is 5.56 Å². The molecule has 2 aromatic carbocycles. The average molecular weight is 485 g/mol. The number of nitrogens with zero attached hydrogens (tertiary/aromatic N) is 4. The zero-order valence-electron chi connectivity index (χ0n) is 19.1. The lowest BCUT2D eigenvalue weighted by Crippen LogP contribution is -2.51. The number of aromatic nitrogens is 1. The Morgan fingerprint density at radius 3 is 2.46 bits per heavy atom. The van der Waals surface area contributed by atoms with Gasteiger partial charge in [-0.2, -0.15) is 0 Å². The summed E-state index contributed by atoms with van der Waals surface area (Å²) in [6, 6.07) is 17.8. The maximum absolute atomic E-state index is 13.0. The highest BCUT2D eigenvalue weighted by Crippen LogP contribution is 2.34. The molecule has 3 amide bonds. The van der Waals surface area contributed by atoms with E-state index in [2.05, 4.69) is 10.8 Å². The molecule has 0 bridgehead atoms. The fraction of sp³-hybridized carbons (Fsp3) is 0.222. The van der Waals surface area contributed by atoms with Crippen LogP contribution in [0.3, 0.4) is 0 Å². The molecule has 1 aromatic heterocycles. The van der Waals surface area contributed by atoms with Gasteiger partial charge in [-0.25, -0.2) is 0 Å². The highest BCUT2D eigenvalue weighted by atomic mass is 32.2. The second kappa shape index (κ2) is 9.72. The number of anilines is 1. The van der Waals surface area contributed by atoms with Gasteiger partial charge in [0.25, 0.3) is 11.1 Å². The van der Waals surface area contributed by atoms with E-state index in [1.165, 1.54) is 0 Å². The average Bonchev–Trinajstić information content (AvgIpc) is 3.37. The van der Waals surface area contributed by atoms with Crippen LogP contribution in [0.25, 0.3) is 17.0 Å². The number of imide groups is 1. The predicted octanol–water partition coefficient (Wildman–Crippen LogP) is 3.66. The van der Waals surface area contributed by atoms with Gasteiger partial charge >= 0.3 is 0 Å². The Balaban J connectivity index is 1.27. The SMILES string of the molecule is C#CCn1cc(/C=C2/SC(=O)N(CC(=O)N3CCN(c4ccccc4)CC3)C2=O)c2ccccc21. The van der Waals surface area contributed by atoms with E-state index in [9.17, 15) is 14.4 Å². The molecule has 0 aliphatic carbocycles. The predicted molar refractivity (Wildman–Crippen MR) is 139 cm³/mol. The first-order chi connectivity index (χ1) is 17.0. The number of benzene rings is 2. The molecule has 0 saturated carbocycles. The maximum Gasteiger partial charge on any atom is 0.294 e. The van der Waals surface area contributed by atoms with E-state index in [1.54, 1.807) is 11.0 Å².